The molecule has 1 aliphatic rings. The van der Waals surface area contributed by atoms with Crippen LogP contribution in [0.5, 0.6) is 0 Å². The van der Waals surface area contributed by atoms with E-state index in [0.717, 1.165) is 5.56 Å². The lowest BCUT2D eigenvalue weighted by atomic mass is 9.96. The van der Waals surface area contributed by atoms with Crippen LogP contribution in [-0.4, -0.2) is 44.8 Å². The Balaban J connectivity index is 1.79. The van der Waals surface area contributed by atoms with Crippen LogP contribution in [0, 0.1) is 19.8 Å². The predicted molar refractivity (Wildman–Crippen MR) is 90.5 cm³/mol. The van der Waals surface area contributed by atoms with E-state index in [2.05, 4.69) is 10.1 Å². The molecule has 140 valence electrons. The van der Waals surface area contributed by atoms with Gasteiger partial charge in [-0.25, -0.2) is 9.67 Å². The van der Waals surface area contributed by atoms with Crippen LogP contribution < -0.4 is 0 Å². The topological polar surface area (TPSA) is 51.0 Å². The van der Waals surface area contributed by atoms with Crippen LogP contribution in [0.1, 0.15) is 34.5 Å². The average Bonchev–Trinajstić information content (AvgIpc) is 2.94. The van der Waals surface area contributed by atoms with E-state index in [4.69, 9.17) is 11.6 Å². The Bertz CT molecular complexity index is 806. The molecule has 0 bridgehead atoms. The van der Waals surface area contributed by atoms with Gasteiger partial charge >= 0.3 is 6.18 Å². The molecule has 1 amide bonds. The number of pyridine rings is 1. The van der Waals surface area contributed by atoms with Crippen LogP contribution in [0.2, 0.25) is 5.15 Å². The summed E-state index contributed by atoms with van der Waals surface area (Å²) in [5.41, 5.74) is 1.83. The number of rotatable bonds is 2. The van der Waals surface area contributed by atoms with Crippen molar-refractivity contribution in [1.29, 1.82) is 0 Å². The van der Waals surface area contributed by atoms with Gasteiger partial charge in [-0.15, -0.1) is 0 Å². The molecule has 1 aliphatic heterocycles. The van der Waals surface area contributed by atoms with Crippen molar-refractivity contribution in [2.75, 3.05) is 13.1 Å². The maximum atomic E-state index is 12.8. The van der Waals surface area contributed by atoms with Crippen molar-refractivity contribution < 1.29 is 18.0 Å². The highest BCUT2D eigenvalue weighted by molar-refractivity contribution is 6.29. The Hall–Kier alpha value is -2.09. The SMILES string of the molecule is Cc1cc(Cl)nc(-n2ncc(C(=O)N3CCC(C(F)(F)F)CC3)c2C)c1. The first-order chi connectivity index (χ1) is 12.2. The molecule has 0 N–H and O–H groups in total. The standard InChI is InChI=1S/C17H18ClF3N4O/c1-10-7-14(18)23-15(8-10)25-11(2)13(9-22-25)16(26)24-5-3-12(4-6-24)17(19,20)21/h7-9,12H,3-6H2,1-2H3. The minimum absolute atomic E-state index is 0.0720. The molecular formula is C17H18ClF3N4O. The zero-order valence-electron chi connectivity index (χ0n) is 14.3. The van der Waals surface area contributed by atoms with E-state index in [-0.39, 0.29) is 31.8 Å². The maximum absolute atomic E-state index is 12.8. The van der Waals surface area contributed by atoms with Crippen molar-refractivity contribution in [1.82, 2.24) is 19.7 Å². The second-order valence-corrected chi connectivity index (χ2v) is 6.88. The fraction of sp³-hybridized carbons (Fsp3) is 0.471. The summed E-state index contributed by atoms with van der Waals surface area (Å²) in [6.07, 6.45) is -2.92. The van der Waals surface area contributed by atoms with Gasteiger partial charge in [0.25, 0.3) is 5.91 Å². The average molecular weight is 387 g/mol. The second kappa shape index (κ2) is 6.90. The van der Waals surface area contributed by atoms with Gasteiger partial charge in [-0.2, -0.15) is 18.3 Å². The first-order valence-corrected chi connectivity index (χ1v) is 8.60. The van der Waals surface area contributed by atoms with Gasteiger partial charge in [0.15, 0.2) is 5.82 Å². The molecule has 26 heavy (non-hydrogen) atoms. The number of hydrogen-bond donors (Lipinski definition) is 0. The van der Waals surface area contributed by atoms with Gasteiger partial charge in [-0.3, -0.25) is 4.79 Å². The van der Waals surface area contributed by atoms with Crippen molar-refractivity contribution in [3.05, 3.63) is 40.3 Å². The molecule has 0 unspecified atom stereocenters. The summed E-state index contributed by atoms with van der Waals surface area (Å²) in [4.78, 5) is 18.4. The van der Waals surface area contributed by atoms with Crippen molar-refractivity contribution in [3.63, 3.8) is 0 Å². The summed E-state index contributed by atoms with van der Waals surface area (Å²) < 4.78 is 39.8. The van der Waals surface area contributed by atoms with Crippen LogP contribution >= 0.6 is 11.6 Å². The molecule has 1 saturated heterocycles. The maximum Gasteiger partial charge on any atom is 0.391 e. The molecule has 3 rings (SSSR count). The van der Waals surface area contributed by atoms with Crippen molar-refractivity contribution in [3.8, 4) is 5.82 Å². The van der Waals surface area contributed by atoms with E-state index in [1.807, 2.05) is 6.92 Å². The summed E-state index contributed by atoms with van der Waals surface area (Å²) in [5, 5.41) is 4.52. The molecular weight excluding hydrogens is 369 g/mol. The highest BCUT2D eigenvalue weighted by Crippen LogP contribution is 2.34. The third-order valence-electron chi connectivity index (χ3n) is 4.63. The lowest BCUT2D eigenvalue weighted by Crippen LogP contribution is -2.42. The molecule has 3 heterocycles. The lowest BCUT2D eigenvalue weighted by Gasteiger charge is -2.32. The molecule has 5 nitrogen and oxygen atoms in total. The molecule has 0 aromatic carbocycles. The summed E-state index contributed by atoms with van der Waals surface area (Å²) in [5.74, 6) is -1.16. The fourth-order valence-electron chi connectivity index (χ4n) is 3.15. The number of likely N-dealkylation sites (tertiary alicyclic amines) is 1. The molecule has 0 aliphatic carbocycles. The van der Waals surface area contributed by atoms with E-state index < -0.39 is 12.1 Å². The van der Waals surface area contributed by atoms with Gasteiger partial charge in [-0.05, 0) is 44.4 Å². The number of amides is 1. The Morgan fingerprint density at radius 2 is 1.88 bits per heavy atom. The van der Waals surface area contributed by atoms with Crippen LogP contribution in [0.4, 0.5) is 13.2 Å². The molecule has 2 aromatic heterocycles. The smallest absolute Gasteiger partial charge is 0.339 e. The van der Waals surface area contributed by atoms with E-state index in [1.165, 1.54) is 15.8 Å². The fourth-order valence-corrected chi connectivity index (χ4v) is 3.41. The van der Waals surface area contributed by atoms with Crippen LogP contribution in [0.25, 0.3) is 5.82 Å². The van der Waals surface area contributed by atoms with Crippen molar-refractivity contribution >= 4 is 17.5 Å². The highest BCUT2D eigenvalue weighted by atomic mass is 35.5. The molecule has 1 fully saturated rings. The molecule has 0 radical (unpaired) electrons. The number of halogens is 4. The number of aromatic nitrogens is 3. The first kappa shape index (κ1) is 18.7. The number of nitrogens with zero attached hydrogens (tertiary/aromatic N) is 4. The number of carbonyl (C=O) groups is 1. The number of alkyl halides is 3. The Labute approximate surface area is 153 Å². The molecule has 0 atom stereocenters. The quantitative estimate of drug-likeness (QED) is 0.734. The van der Waals surface area contributed by atoms with Crippen molar-refractivity contribution in [2.45, 2.75) is 32.9 Å². The summed E-state index contributed by atoms with van der Waals surface area (Å²) >= 11 is 5.97. The van der Waals surface area contributed by atoms with Gasteiger partial charge in [0.1, 0.15) is 5.15 Å². The van der Waals surface area contributed by atoms with Crippen LogP contribution in [-0.2, 0) is 0 Å². The van der Waals surface area contributed by atoms with Crippen molar-refractivity contribution in [2.24, 2.45) is 5.92 Å². The summed E-state index contributed by atoms with van der Waals surface area (Å²) in [6.45, 7) is 3.76. The van der Waals surface area contributed by atoms with Gasteiger partial charge in [0.2, 0.25) is 0 Å². The van der Waals surface area contributed by atoms with E-state index in [9.17, 15) is 18.0 Å². The molecule has 2 aromatic rings. The number of aryl methyl sites for hydroxylation is 1. The molecule has 0 spiro atoms. The molecule has 0 saturated carbocycles. The Morgan fingerprint density at radius 3 is 2.46 bits per heavy atom. The van der Waals surface area contributed by atoms with Gasteiger partial charge in [0, 0.05) is 13.1 Å². The van der Waals surface area contributed by atoms with Crippen LogP contribution in [0.15, 0.2) is 18.3 Å². The van der Waals surface area contributed by atoms with Gasteiger partial charge in [0.05, 0.1) is 23.4 Å². The summed E-state index contributed by atoms with van der Waals surface area (Å²) in [7, 11) is 0. The third-order valence-corrected chi connectivity index (χ3v) is 4.82. The number of hydrogen-bond acceptors (Lipinski definition) is 3. The van der Waals surface area contributed by atoms with E-state index in [1.54, 1.807) is 19.1 Å². The van der Waals surface area contributed by atoms with Gasteiger partial charge < -0.3 is 4.90 Å². The second-order valence-electron chi connectivity index (χ2n) is 6.49. The predicted octanol–water partition coefficient (Wildman–Crippen LogP) is 3.95. The zero-order chi connectivity index (χ0) is 19.1. The third kappa shape index (κ3) is 3.70. The lowest BCUT2D eigenvalue weighted by molar-refractivity contribution is -0.183. The minimum Gasteiger partial charge on any atom is -0.339 e. The number of carbonyl (C=O) groups excluding carboxylic acids is 1. The van der Waals surface area contributed by atoms with Crippen LogP contribution in [0.3, 0.4) is 0 Å². The largest absolute Gasteiger partial charge is 0.391 e. The Kier molecular flexibility index (Phi) is 4.96. The number of piperidine rings is 1. The zero-order valence-corrected chi connectivity index (χ0v) is 15.1. The van der Waals surface area contributed by atoms with E-state index >= 15 is 0 Å². The molecule has 9 heteroatoms. The normalized spacial score (nSPS) is 16.2. The first-order valence-electron chi connectivity index (χ1n) is 8.22. The minimum atomic E-state index is -4.20. The summed E-state index contributed by atoms with van der Waals surface area (Å²) in [6, 6.07) is 3.50. The van der Waals surface area contributed by atoms with E-state index in [0.29, 0.717) is 22.2 Å². The van der Waals surface area contributed by atoms with Gasteiger partial charge in [-0.1, -0.05) is 11.6 Å². The monoisotopic (exact) mass is 386 g/mol. The highest BCUT2D eigenvalue weighted by Gasteiger charge is 2.42. The Morgan fingerprint density at radius 1 is 1.23 bits per heavy atom.